The monoisotopic (exact) mass is 467 g/mol. The summed E-state index contributed by atoms with van der Waals surface area (Å²) in [6, 6.07) is 7.64. The number of H-pyrrole nitrogens is 1. The first-order valence-corrected chi connectivity index (χ1v) is 12.4. The molecule has 2 aromatic heterocycles. The molecule has 1 aliphatic carbocycles. The van der Waals surface area contributed by atoms with Gasteiger partial charge in [-0.15, -0.1) is 10.2 Å². The predicted molar refractivity (Wildman–Crippen MR) is 129 cm³/mol. The molecule has 1 aromatic carbocycles. The van der Waals surface area contributed by atoms with Crippen molar-refractivity contribution >= 4 is 34.2 Å². The van der Waals surface area contributed by atoms with E-state index in [-0.39, 0.29) is 5.91 Å². The van der Waals surface area contributed by atoms with Crippen molar-refractivity contribution < 1.29 is 4.79 Å². The number of nitrogens with one attached hydrogen (secondary N) is 2. The molecule has 174 valence electrons. The third kappa shape index (κ3) is 4.95. The van der Waals surface area contributed by atoms with Crippen LogP contribution in [0.1, 0.15) is 73.5 Å². The van der Waals surface area contributed by atoms with Gasteiger partial charge in [0.2, 0.25) is 0 Å². The highest BCUT2D eigenvalue weighted by Crippen LogP contribution is 2.31. The Morgan fingerprint density at radius 3 is 2.67 bits per heavy atom. The van der Waals surface area contributed by atoms with E-state index in [0.29, 0.717) is 23.0 Å². The number of benzene rings is 1. The Labute approximate surface area is 198 Å². The number of fused-ring (bicyclic) bond motifs is 1. The van der Waals surface area contributed by atoms with Crippen LogP contribution >= 0.6 is 11.6 Å². The molecular weight excluding hydrogens is 438 g/mol. The lowest BCUT2D eigenvalue weighted by atomic mass is 9.87. The molecule has 3 aromatic rings. The molecule has 5 rings (SSSR count). The molecule has 0 unspecified atom stereocenters. The van der Waals surface area contributed by atoms with Crippen LogP contribution in [-0.2, 0) is 0 Å². The van der Waals surface area contributed by atoms with E-state index in [0.717, 1.165) is 60.8 Å². The predicted octanol–water partition coefficient (Wildman–Crippen LogP) is 4.49. The van der Waals surface area contributed by atoms with Crippen LogP contribution in [0.4, 0.5) is 5.82 Å². The highest BCUT2D eigenvalue weighted by atomic mass is 35.5. The molecule has 2 fully saturated rings. The lowest BCUT2D eigenvalue weighted by Crippen LogP contribution is -2.33. The van der Waals surface area contributed by atoms with Gasteiger partial charge in [-0.05, 0) is 49.4 Å². The number of hydrogen-bond acceptors (Lipinski definition) is 6. The van der Waals surface area contributed by atoms with Crippen molar-refractivity contribution in [2.45, 2.75) is 57.3 Å². The van der Waals surface area contributed by atoms with Crippen LogP contribution in [0.25, 0.3) is 10.9 Å². The van der Waals surface area contributed by atoms with E-state index >= 15 is 0 Å². The highest BCUT2D eigenvalue weighted by Gasteiger charge is 2.25. The fraction of sp³-hybridized carbons (Fsp3) is 0.542. The van der Waals surface area contributed by atoms with Gasteiger partial charge in [0.05, 0.1) is 16.1 Å². The fourth-order valence-corrected chi connectivity index (χ4v) is 5.49. The molecule has 0 spiro atoms. The van der Waals surface area contributed by atoms with Crippen LogP contribution in [0.5, 0.6) is 0 Å². The number of halogens is 1. The van der Waals surface area contributed by atoms with E-state index < -0.39 is 0 Å². The molecule has 0 atom stereocenters. The van der Waals surface area contributed by atoms with Gasteiger partial charge in [-0.3, -0.25) is 4.79 Å². The Morgan fingerprint density at radius 1 is 1.09 bits per heavy atom. The maximum Gasteiger partial charge on any atom is 0.253 e. The number of carbonyl (C=O) groups is 1. The maximum absolute atomic E-state index is 13.0. The van der Waals surface area contributed by atoms with Crippen LogP contribution < -0.4 is 10.2 Å². The van der Waals surface area contributed by atoms with Gasteiger partial charge in [0.1, 0.15) is 5.82 Å². The zero-order chi connectivity index (χ0) is 22.6. The second kappa shape index (κ2) is 10.0. The Morgan fingerprint density at radius 2 is 1.91 bits per heavy atom. The smallest absolute Gasteiger partial charge is 0.253 e. The molecule has 1 saturated carbocycles. The van der Waals surface area contributed by atoms with Gasteiger partial charge in [0, 0.05) is 30.9 Å². The van der Waals surface area contributed by atoms with Crippen LogP contribution in [0.3, 0.4) is 0 Å². The zero-order valence-corrected chi connectivity index (χ0v) is 19.5. The number of aromatic amines is 1. The summed E-state index contributed by atoms with van der Waals surface area (Å²) in [6.45, 7) is 2.44. The third-order valence-corrected chi connectivity index (χ3v) is 7.46. The number of carbonyl (C=O) groups excluding carboxylic acids is 1. The number of aromatic nitrogens is 5. The fourth-order valence-electron chi connectivity index (χ4n) is 5.24. The molecule has 9 heteroatoms. The van der Waals surface area contributed by atoms with E-state index in [2.05, 4.69) is 30.8 Å². The topological polar surface area (TPSA) is 99.7 Å². The number of amides is 1. The van der Waals surface area contributed by atoms with Gasteiger partial charge in [-0.2, -0.15) is 5.21 Å². The Balaban J connectivity index is 1.26. The summed E-state index contributed by atoms with van der Waals surface area (Å²) < 4.78 is 0. The molecule has 8 nitrogen and oxygen atoms in total. The summed E-state index contributed by atoms with van der Waals surface area (Å²) in [5.41, 5.74) is 1.31. The normalized spacial score (nSPS) is 18.0. The van der Waals surface area contributed by atoms with Crippen molar-refractivity contribution in [1.82, 2.24) is 30.9 Å². The molecule has 2 aliphatic rings. The first-order chi connectivity index (χ1) is 16.2. The molecule has 0 radical (unpaired) electrons. The quantitative estimate of drug-likeness (QED) is 0.554. The third-order valence-electron chi connectivity index (χ3n) is 7.14. The van der Waals surface area contributed by atoms with Crippen LogP contribution in [-0.4, -0.2) is 51.1 Å². The van der Waals surface area contributed by atoms with Gasteiger partial charge < -0.3 is 10.2 Å². The molecule has 33 heavy (non-hydrogen) atoms. The summed E-state index contributed by atoms with van der Waals surface area (Å²) >= 11 is 6.46. The summed E-state index contributed by atoms with van der Waals surface area (Å²) in [5.74, 6) is 2.64. The van der Waals surface area contributed by atoms with E-state index in [1.54, 1.807) is 6.07 Å². The molecule has 1 saturated heterocycles. The van der Waals surface area contributed by atoms with E-state index in [1.807, 2.05) is 18.2 Å². The van der Waals surface area contributed by atoms with Gasteiger partial charge >= 0.3 is 0 Å². The standard InChI is InChI=1S/C24H30ClN7O/c25-19-7-8-20-18(22(19)24(33)26-13-10-16-4-2-1-3-5-16)6-9-21(27-20)32-14-11-17(12-15-32)23-28-30-31-29-23/h6-9,16-17H,1-5,10-15H2,(H,26,33)(H,28,29,30,31). The molecule has 1 amide bonds. The SMILES string of the molecule is O=C(NCCC1CCCCC1)c1c(Cl)ccc2nc(N3CCC(c4nn[nH]n4)CC3)ccc12. The van der Waals surface area contributed by atoms with E-state index in [1.165, 1.54) is 32.1 Å². The first-order valence-electron chi connectivity index (χ1n) is 12.0. The number of hydrogen-bond donors (Lipinski definition) is 2. The minimum Gasteiger partial charge on any atom is -0.357 e. The molecular formula is C24H30ClN7O. The maximum atomic E-state index is 13.0. The summed E-state index contributed by atoms with van der Waals surface area (Å²) in [4.78, 5) is 20.1. The van der Waals surface area contributed by atoms with Crippen molar-refractivity contribution in [3.8, 4) is 0 Å². The molecule has 0 bridgehead atoms. The Hall–Kier alpha value is -2.74. The second-order valence-corrected chi connectivity index (χ2v) is 9.65. The number of piperidine rings is 1. The van der Waals surface area contributed by atoms with Crippen molar-refractivity contribution in [2.24, 2.45) is 5.92 Å². The number of pyridine rings is 1. The number of tetrazole rings is 1. The second-order valence-electron chi connectivity index (χ2n) is 9.24. The van der Waals surface area contributed by atoms with Crippen LogP contribution in [0, 0.1) is 5.92 Å². The van der Waals surface area contributed by atoms with Gasteiger partial charge in [0.15, 0.2) is 5.82 Å². The van der Waals surface area contributed by atoms with Gasteiger partial charge in [0.25, 0.3) is 5.91 Å². The lowest BCUT2D eigenvalue weighted by Gasteiger charge is -2.31. The largest absolute Gasteiger partial charge is 0.357 e. The molecule has 1 aliphatic heterocycles. The minimum atomic E-state index is -0.114. The van der Waals surface area contributed by atoms with Crippen molar-refractivity contribution in [3.63, 3.8) is 0 Å². The highest BCUT2D eigenvalue weighted by molar-refractivity contribution is 6.35. The zero-order valence-electron chi connectivity index (χ0n) is 18.8. The van der Waals surface area contributed by atoms with Crippen molar-refractivity contribution in [1.29, 1.82) is 0 Å². The Bertz CT molecular complexity index is 1090. The number of rotatable bonds is 6. The van der Waals surface area contributed by atoms with Gasteiger partial charge in [-0.25, -0.2) is 4.98 Å². The van der Waals surface area contributed by atoms with E-state index in [9.17, 15) is 4.79 Å². The lowest BCUT2D eigenvalue weighted by molar-refractivity contribution is 0.0952. The van der Waals surface area contributed by atoms with Gasteiger partial charge in [-0.1, -0.05) is 48.9 Å². The van der Waals surface area contributed by atoms with E-state index in [4.69, 9.17) is 16.6 Å². The Kier molecular flexibility index (Phi) is 6.71. The first kappa shape index (κ1) is 22.1. The minimum absolute atomic E-state index is 0.114. The number of nitrogens with zero attached hydrogens (tertiary/aromatic N) is 5. The summed E-state index contributed by atoms with van der Waals surface area (Å²) in [6.07, 6.45) is 9.49. The average molecular weight is 468 g/mol. The summed E-state index contributed by atoms with van der Waals surface area (Å²) in [5, 5.41) is 18.8. The summed E-state index contributed by atoms with van der Waals surface area (Å²) in [7, 11) is 0. The van der Waals surface area contributed by atoms with Crippen LogP contribution in [0.15, 0.2) is 24.3 Å². The van der Waals surface area contributed by atoms with Crippen LogP contribution in [0.2, 0.25) is 5.02 Å². The average Bonchev–Trinajstić information content (AvgIpc) is 3.39. The molecule has 2 N–H and O–H groups in total. The molecule has 3 heterocycles. The van der Waals surface area contributed by atoms with Crippen molar-refractivity contribution in [3.05, 3.63) is 40.7 Å². The number of anilines is 1. The van der Waals surface area contributed by atoms with Crippen molar-refractivity contribution in [2.75, 3.05) is 24.5 Å².